The first-order valence-corrected chi connectivity index (χ1v) is 9.33. The van der Waals surface area contributed by atoms with Crippen molar-refractivity contribution in [1.29, 1.82) is 0 Å². The molecular weight excluding hydrogens is 383 g/mol. The van der Waals surface area contributed by atoms with E-state index in [2.05, 4.69) is 5.32 Å². The zero-order valence-electron chi connectivity index (χ0n) is 17.0. The Balaban J connectivity index is 2.40. The van der Waals surface area contributed by atoms with E-state index in [-0.39, 0.29) is 17.8 Å². The summed E-state index contributed by atoms with van der Waals surface area (Å²) < 4.78 is 51.1. The molecule has 29 heavy (non-hydrogen) atoms. The van der Waals surface area contributed by atoms with Gasteiger partial charge in [0, 0.05) is 25.3 Å². The van der Waals surface area contributed by atoms with Crippen LogP contribution in [0.2, 0.25) is 0 Å². The van der Waals surface area contributed by atoms with E-state index in [0.717, 1.165) is 22.6 Å². The molecule has 3 rings (SSSR count). The summed E-state index contributed by atoms with van der Waals surface area (Å²) in [4.78, 5) is 12.9. The van der Waals surface area contributed by atoms with Crippen LogP contribution in [0.15, 0.2) is 29.1 Å². The van der Waals surface area contributed by atoms with Crippen molar-refractivity contribution in [2.24, 2.45) is 0 Å². The molecule has 3 aromatic rings. The lowest BCUT2D eigenvalue weighted by atomic mass is 10.0. The SMILES string of the molecule is COC(CNc1c(C)c2cc(C(C)C)ccc3cc(C(F)(F)F)c(=O)c1c32)OC. The number of ether oxygens (including phenoxy) is 2. The van der Waals surface area contributed by atoms with Crippen LogP contribution in [0.1, 0.15) is 36.5 Å². The number of methoxy groups -OCH3 is 2. The number of halogens is 3. The van der Waals surface area contributed by atoms with E-state index in [4.69, 9.17) is 9.47 Å². The molecule has 0 amide bonds. The van der Waals surface area contributed by atoms with Crippen LogP contribution >= 0.6 is 0 Å². The van der Waals surface area contributed by atoms with Crippen LogP contribution in [0.25, 0.3) is 21.5 Å². The summed E-state index contributed by atoms with van der Waals surface area (Å²) in [5, 5.41) is 4.83. The second kappa shape index (κ2) is 7.80. The number of anilines is 1. The first-order valence-electron chi connectivity index (χ1n) is 9.33. The molecule has 0 fully saturated rings. The van der Waals surface area contributed by atoms with E-state index in [0.29, 0.717) is 16.5 Å². The normalized spacial score (nSPS) is 12.6. The Morgan fingerprint density at radius 1 is 1.07 bits per heavy atom. The zero-order valence-corrected chi connectivity index (χ0v) is 17.0. The van der Waals surface area contributed by atoms with Crippen LogP contribution in [0.5, 0.6) is 0 Å². The fraction of sp³-hybridized carbons (Fsp3) is 0.409. The molecule has 1 N–H and O–H groups in total. The van der Waals surface area contributed by atoms with Crippen molar-refractivity contribution in [3.63, 3.8) is 0 Å². The van der Waals surface area contributed by atoms with Crippen LogP contribution in [0, 0.1) is 6.92 Å². The molecular formula is C22H24F3NO3. The standard InChI is InChI=1S/C22H24F3NO3/c1-11(2)13-6-7-14-9-16(22(23,24)25)21(27)19-18(14)15(8-13)12(3)20(19)26-10-17(28-4)29-5/h6-9,11,17,26H,10H2,1-5H3. The number of nitrogens with one attached hydrogen (secondary N) is 1. The van der Waals surface area contributed by atoms with Gasteiger partial charge in [0.15, 0.2) is 6.29 Å². The first-order chi connectivity index (χ1) is 13.6. The molecule has 0 aliphatic heterocycles. The summed E-state index contributed by atoms with van der Waals surface area (Å²) in [6, 6.07) is 6.40. The average Bonchev–Trinajstić information content (AvgIpc) is 2.80. The van der Waals surface area contributed by atoms with Crippen LogP contribution in [-0.4, -0.2) is 27.1 Å². The molecule has 7 heteroatoms. The summed E-state index contributed by atoms with van der Waals surface area (Å²) in [5.74, 6) is 0.182. The Labute approximate surface area is 167 Å². The number of rotatable bonds is 6. The maximum Gasteiger partial charge on any atom is 0.420 e. The molecule has 156 valence electrons. The van der Waals surface area contributed by atoms with E-state index >= 15 is 0 Å². The van der Waals surface area contributed by atoms with Gasteiger partial charge < -0.3 is 14.8 Å². The van der Waals surface area contributed by atoms with E-state index in [1.165, 1.54) is 14.2 Å². The Morgan fingerprint density at radius 2 is 1.72 bits per heavy atom. The van der Waals surface area contributed by atoms with Crippen molar-refractivity contribution in [3.05, 3.63) is 51.2 Å². The molecule has 0 radical (unpaired) electrons. The van der Waals surface area contributed by atoms with Gasteiger partial charge in [-0.15, -0.1) is 0 Å². The van der Waals surface area contributed by atoms with Gasteiger partial charge in [-0.25, -0.2) is 0 Å². The van der Waals surface area contributed by atoms with Crippen molar-refractivity contribution in [2.45, 2.75) is 39.2 Å². The summed E-state index contributed by atoms with van der Waals surface area (Å²) in [5.41, 5.74) is -0.0800. The lowest BCUT2D eigenvalue weighted by Crippen LogP contribution is -2.24. The minimum atomic E-state index is -4.74. The quantitative estimate of drug-likeness (QED) is 0.566. The predicted molar refractivity (Wildman–Crippen MR) is 109 cm³/mol. The Morgan fingerprint density at radius 3 is 2.28 bits per heavy atom. The molecule has 0 unspecified atom stereocenters. The van der Waals surface area contributed by atoms with E-state index in [9.17, 15) is 18.0 Å². The number of alkyl halides is 3. The zero-order chi connectivity index (χ0) is 21.5. The second-order valence-electron chi connectivity index (χ2n) is 7.42. The highest BCUT2D eigenvalue weighted by molar-refractivity contribution is 6.19. The van der Waals surface area contributed by atoms with Gasteiger partial charge in [0.25, 0.3) is 0 Å². The van der Waals surface area contributed by atoms with Gasteiger partial charge in [-0.1, -0.05) is 32.0 Å². The topological polar surface area (TPSA) is 47.6 Å². The number of aryl methyl sites for hydroxylation is 1. The third kappa shape index (κ3) is 3.76. The minimum absolute atomic E-state index is 0.0548. The van der Waals surface area contributed by atoms with Crippen molar-refractivity contribution in [1.82, 2.24) is 0 Å². The van der Waals surface area contributed by atoms with E-state index in [1.807, 2.05) is 32.9 Å². The molecule has 0 aliphatic rings. The summed E-state index contributed by atoms with van der Waals surface area (Å²) in [6.07, 6.45) is -5.34. The molecule has 0 heterocycles. The van der Waals surface area contributed by atoms with Gasteiger partial charge in [0.05, 0.1) is 11.9 Å². The van der Waals surface area contributed by atoms with Gasteiger partial charge in [-0.05, 0) is 40.8 Å². The summed E-state index contributed by atoms with van der Waals surface area (Å²) >= 11 is 0. The smallest absolute Gasteiger partial charge is 0.379 e. The highest BCUT2D eigenvalue weighted by Gasteiger charge is 2.35. The van der Waals surface area contributed by atoms with Crippen LogP contribution in [-0.2, 0) is 15.7 Å². The van der Waals surface area contributed by atoms with Crippen LogP contribution in [0.3, 0.4) is 0 Å². The molecule has 3 aromatic carbocycles. The average molecular weight is 407 g/mol. The first kappa shape index (κ1) is 21.3. The van der Waals surface area contributed by atoms with Crippen molar-refractivity contribution in [3.8, 4) is 0 Å². The number of hydrogen-bond acceptors (Lipinski definition) is 4. The molecule has 4 nitrogen and oxygen atoms in total. The fourth-order valence-electron chi connectivity index (χ4n) is 3.68. The second-order valence-corrected chi connectivity index (χ2v) is 7.42. The van der Waals surface area contributed by atoms with E-state index < -0.39 is 23.5 Å². The lowest BCUT2D eigenvalue weighted by Gasteiger charge is -2.15. The van der Waals surface area contributed by atoms with Gasteiger partial charge in [-0.2, -0.15) is 13.2 Å². The minimum Gasteiger partial charge on any atom is -0.379 e. The number of hydrogen-bond donors (Lipinski definition) is 1. The highest BCUT2D eigenvalue weighted by atomic mass is 19.4. The molecule has 0 bridgehead atoms. The van der Waals surface area contributed by atoms with Gasteiger partial charge in [0.1, 0.15) is 5.56 Å². The molecule has 0 atom stereocenters. The van der Waals surface area contributed by atoms with Crippen LogP contribution < -0.4 is 10.7 Å². The lowest BCUT2D eigenvalue weighted by molar-refractivity contribution is -0.138. The van der Waals surface area contributed by atoms with E-state index in [1.54, 1.807) is 6.07 Å². The molecule has 0 saturated carbocycles. The molecule has 0 aliphatic carbocycles. The molecule has 0 aromatic heterocycles. The third-order valence-electron chi connectivity index (χ3n) is 5.32. The monoisotopic (exact) mass is 407 g/mol. The van der Waals surface area contributed by atoms with Gasteiger partial charge in [0.2, 0.25) is 5.43 Å². The molecule has 0 saturated heterocycles. The summed E-state index contributed by atoms with van der Waals surface area (Å²) in [6.45, 7) is 6.03. The van der Waals surface area contributed by atoms with Crippen molar-refractivity contribution < 1.29 is 22.6 Å². The van der Waals surface area contributed by atoms with Gasteiger partial charge >= 0.3 is 6.18 Å². The third-order valence-corrected chi connectivity index (χ3v) is 5.32. The Bertz CT molecular complexity index is 1090. The maximum atomic E-state index is 13.6. The van der Waals surface area contributed by atoms with Crippen molar-refractivity contribution in [2.75, 3.05) is 26.1 Å². The van der Waals surface area contributed by atoms with Crippen LogP contribution in [0.4, 0.5) is 18.9 Å². The Kier molecular flexibility index (Phi) is 5.74. The number of benzene rings is 1. The summed E-state index contributed by atoms with van der Waals surface area (Å²) in [7, 11) is 2.94. The maximum absolute atomic E-state index is 13.6. The van der Waals surface area contributed by atoms with Gasteiger partial charge in [-0.3, -0.25) is 4.79 Å². The highest BCUT2D eigenvalue weighted by Crippen LogP contribution is 2.40. The van der Waals surface area contributed by atoms with Crippen molar-refractivity contribution >= 4 is 27.2 Å². The predicted octanol–water partition coefficient (Wildman–Crippen LogP) is 5.27. The Hall–Kier alpha value is -2.38. The molecule has 0 spiro atoms. The largest absolute Gasteiger partial charge is 0.420 e. The fourth-order valence-corrected chi connectivity index (χ4v) is 3.68.